The molecule has 3 saturated carbocycles. The van der Waals surface area contributed by atoms with Crippen LogP contribution in [0.25, 0.3) is 0 Å². The molecule has 0 atom stereocenters. The normalized spacial score (nSPS) is 31.9. The van der Waals surface area contributed by atoms with E-state index in [0.717, 1.165) is 48.6 Å². The van der Waals surface area contributed by atoms with E-state index in [1.807, 2.05) is 19.2 Å². The van der Waals surface area contributed by atoms with Gasteiger partial charge in [-0.05, 0) is 142 Å². The van der Waals surface area contributed by atoms with Gasteiger partial charge in [0.05, 0.1) is 6.10 Å². The molecule has 3 aliphatic rings. The van der Waals surface area contributed by atoms with Crippen LogP contribution in [0, 0.1) is 29.3 Å². The Balaban J connectivity index is 1.14. The Hall–Kier alpha value is -1.81. The summed E-state index contributed by atoms with van der Waals surface area (Å²) >= 11 is 0. The minimum Gasteiger partial charge on any atom is -0.381 e. The Morgan fingerprint density at radius 1 is 0.543 bits per heavy atom. The average molecular weight is 485 g/mol. The van der Waals surface area contributed by atoms with Crippen LogP contribution in [0.15, 0.2) is 36.4 Å². The molecule has 0 aromatic heterocycles. The second-order valence-corrected chi connectivity index (χ2v) is 11.4. The lowest BCUT2D eigenvalue weighted by molar-refractivity contribution is 0.0410. The van der Waals surface area contributed by atoms with Crippen LogP contribution in [0.3, 0.4) is 0 Å². The number of rotatable bonds is 5. The lowest BCUT2D eigenvalue weighted by Crippen LogP contribution is -2.27. The minimum atomic E-state index is -0.799. The summed E-state index contributed by atoms with van der Waals surface area (Å²) in [6, 6.07) is 10.3. The van der Waals surface area contributed by atoms with Crippen LogP contribution >= 0.6 is 0 Å². The largest absolute Gasteiger partial charge is 0.381 e. The summed E-state index contributed by atoms with van der Waals surface area (Å²) in [5, 5.41) is 0. The molecule has 0 radical (unpaired) electrons. The van der Waals surface area contributed by atoms with Gasteiger partial charge in [-0.3, -0.25) is 0 Å². The van der Waals surface area contributed by atoms with Crippen LogP contribution in [0.4, 0.5) is 13.2 Å². The quantitative estimate of drug-likeness (QED) is 0.411. The van der Waals surface area contributed by atoms with Crippen molar-refractivity contribution in [3.05, 3.63) is 70.5 Å². The van der Waals surface area contributed by atoms with Gasteiger partial charge in [-0.2, -0.15) is 0 Å². The van der Waals surface area contributed by atoms with Gasteiger partial charge >= 0.3 is 0 Å². The lowest BCUT2D eigenvalue weighted by Gasteiger charge is -2.37. The zero-order valence-corrected chi connectivity index (χ0v) is 21.0. The molecule has 5 rings (SSSR count). The number of benzene rings is 2. The zero-order chi connectivity index (χ0) is 24.4. The van der Waals surface area contributed by atoms with Gasteiger partial charge in [0.15, 0.2) is 11.6 Å². The summed E-state index contributed by atoms with van der Waals surface area (Å²) in [5.74, 6) is 0.965. The number of hydrogen-bond acceptors (Lipinski definition) is 1. The molecule has 0 bridgehead atoms. The molecule has 4 heteroatoms. The summed E-state index contributed by atoms with van der Waals surface area (Å²) in [5.41, 5.74) is 2.87. The van der Waals surface area contributed by atoms with E-state index in [9.17, 15) is 8.78 Å². The first-order valence-electron chi connectivity index (χ1n) is 13.8. The molecule has 0 spiro atoms. The van der Waals surface area contributed by atoms with Crippen molar-refractivity contribution in [3.8, 4) is 0 Å². The first kappa shape index (κ1) is 24.9. The Kier molecular flexibility index (Phi) is 7.86. The smallest absolute Gasteiger partial charge is 0.159 e. The van der Waals surface area contributed by atoms with Gasteiger partial charge in [-0.15, -0.1) is 0 Å². The minimum absolute atomic E-state index is 0.0567. The second kappa shape index (κ2) is 11.1. The third-order valence-corrected chi connectivity index (χ3v) is 9.57. The van der Waals surface area contributed by atoms with E-state index in [0.29, 0.717) is 12.0 Å². The summed E-state index contributed by atoms with van der Waals surface area (Å²) in [6.07, 6.45) is 13.9. The Bertz CT molecular complexity index is 981. The van der Waals surface area contributed by atoms with E-state index in [2.05, 4.69) is 6.07 Å². The topological polar surface area (TPSA) is 9.23 Å². The maximum Gasteiger partial charge on any atom is 0.159 e. The molecule has 1 nitrogen and oxygen atoms in total. The summed E-state index contributed by atoms with van der Waals surface area (Å²) in [6.45, 7) is 0. The van der Waals surface area contributed by atoms with E-state index < -0.39 is 11.6 Å². The van der Waals surface area contributed by atoms with Gasteiger partial charge in [0, 0.05) is 7.11 Å². The van der Waals surface area contributed by atoms with Gasteiger partial charge in [0.1, 0.15) is 5.82 Å². The fourth-order valence-electron chi connectivity index (χ4n) is 7.35. The third-order valence-electron chi connectivity index (χ3n) is 9.57. The van der Waals surface area contributed by atoms with Crippen LogP contribution in [-0.2, 0) is 4.74 Å². The van der Waals surface area contributed by atoms with Crippen LogP contribution in [-0.4, -0.2) is 13.2 Å². The van der Waals surface area contributed by atoms with Crippen molar-refractivity contribution in [3.63, 3.8) is 0 Å². The fraction of sp³-hybridized carbons (Fsp3) is 0.613. The maximum absolute atomic E-state index is 15.2. The van der Waals surface area contributed by atoms with Gasteiger partial charge in [-0.1, -0.05) is 18.2 Å². The molecule has 0 saturated heterocycles. The Morgan fingerprint density at radius 2 is 1.03 bits per heavy atom. The molecular weight excluding hydrogens is 445 g/mol. The van der Waals surface area contributed by atoms with Crippen LogP contribution in [0.1, 0.15) is 111 Å². The lowest BCUT2D eigenvalue weighted by atomic mass is 9.69. The predicted octanol–water partition coefficient (Wildman–Crippen LogP) is 9.02. The highest BCUT2D eigenvalue weighted by atomic mass is 19.2. The van der Waals surface area contributed by atoms with Gasteiger partial charge in [-0.25, -0.2) is 13.2 Å². The molecule has 3 aliphatic carbocycles. The Morgan fingerprint density at radius 3 is 1.57 bits per heavy atom. The second-order valence-electron chi connectivity index (χ2n) is 11.4. The van der Waals surface area contributed by atoms with E-state index in [1.165, 1.54) is 69.1 Å². The zero-order valence-electron chi connectivity index (χ0n) is 21.0. The summed E-state index contributed by atoms with van der Waals surface area (Å²) < 4.78 is 47.7. The molecule has 0 heterocycles. The molecule has 0 amide bonds. The first-order valence-corrected chi connectivity index (χ1v) is 13.8. The number of halogens is 3. The van der Waals surface area contributed by atoms with E-state index in [1.54, 1.807) is 6.07 Å². The van der Waals surface area contributed by atoms with Crippen molar-refractivity contribution in [2.45, 2.75) is 101 Å². The van der Waals surface area contributed by atoms with Crippen molar-refractivity contribution in [1.82, 2.24) is 0 Å². The summed E-state index contributed by atoms with van der Waals surface area (Å²) in [7, 11) is 1.84. The van der Waals surface area contributed by atoms with Gasteiger partial charge in [0.2, 0.25) is 0 Å². The van der Waals surface area contributed by atoms with E-state index in [-0.39, 0.29) is 17.7 Å². The highest BCUT2D eigenvalue weighted by Crippen LogP contribution is 2.45. The molecule has 2 aromatic carbocycles. The molecule has 3 fully saturated rings. The third kappa shape index (κ3) is 5.63. The van der Waals surface area contributed by atoms with Crippen LogP contribution in [0.5, 0.6) is 0 Å². The monoisotopic (exact) mass is 484 g/mol. The molecule has 2 aromatic rings. The molecule has 0 aliphatic heterocycles. The van der Waals surface area contributed by atoms with Crippen molar-refractivity contribution in [2.24, 2.45) is 11.8 Å². The molecular formula is C31H39F3O. The number of methoxy groups -OCH3 is 1. The van der Waals surface area contributed by atoms with Gasteiger partial charge in [0.25, 0.3) is 0 Å². The SMILES string of the molecule is COC1CCC(C2CCC(c3ccc(C4CCC(c5ccc(F)c(F)c5)CC4)c(F)c3)CC2)CC1. The van der Waals surface area contributed by atoms with Crippen LogP contribution in [0.2, 0.25) is 0 Å². The fourth-order valence-corrected chi connectivity index (χ4v) is 7.35. The van der Waals surface area contributed by atoms with Crippen molar-refractivity contribution < 1.29 is 17.9 Å². The standard InChI is InChI=1S/C31H39F3O/c1-35-27-14-10-21(11-15-27)20-2-4-22(5-3-20)25-12-16-28(30(33)18-25)24-8-6-23(7-9-24)26-13-17-29(32)31(34)19-26/h12-13,16-24,27H,2-11,14-15H2,1H3. The predicted molar refractivity (Wildman–Crippen MR) is 134 cm³/mol. The highest BCUT2D eigenvalue weighted by Gasteiger charge is 2.32. The highest BCUT2D eigenvalue weighted by molar-refractivity contribution is 5.31. The molecule has 0 unspecified atom stereocenters. The van der Waals surface area contributed by atoms with Crippen molar-refractivity contribution in [1.29, 1.82) is 0 Å². The number of hydrogen-bond donors (Lipinski definition) is 0. The Labute approximate surface area is 208 Å². The number of ether oxygens (including phenoxy) is 1. The van der Waals surface area contributed by atoms with Crippen molar-refractivity contribution in [2.75, 3.05) is 7.11 Å². The summed E-state index contributed by atoms with van der Waals surface area (Å²) in [4.78, 5) is 0. The van der Waals surface area contributed by atoms with Gasteiger partial charge < -0.3 is 4.74 Å². The van der Waals surface area contributed by atoms with Crippen molar-refractivity contribution >= 4 is 0 Å². The van der Waals surface area contributed by atoms with E-state index in [4.69, 9.17) is 4.74 Å². The van der Waals surface area contributed by atoms with Crippen LogP contribution < -0.4 is 0 Å². The molecule has 0 N–H and O–H groups in total. The molecule has 35 heavy (non-hydrogen) atoms. The maximum atomic E-state index is 15.2. The van der Waals surface area contributed by atoms with E-state index >= 15 is 4.39 Å². The first-order chi connectivity index (χ1) is 17.0. The average Bonchev–Trinajstić information content (AvgIpc) is 2.90. The molecule has 190 valence electrons.